The number of carbonyl (C=O) groups is 1. The maximum atomic E-state index is 12.0. The number of hydroxylamine groups is 1. The highest BCUT2D eigenvalue weighted by Gasteiger charge is 2.20. The van der Waals surface area contributed by atoms with Crippen molar-refractivity contribution < 1.29 is 18.0 Å². The van der Waals surface area contributed by atoms with Gasteiger partial charge in [-0.1, -0.05) is 4.47 Å². The van der Waals surface area contributed by atoms with E-state index in [-0.39, 0.29) is 10.8 Å². The summed E-state index contributed by atoms with van der Waals surface area (Å²) < 4.78 is 24.8. The van der Waals surface area contributed by atoms with Crippen LogP contribution in [0, 0.1) is 0 Å². The maximum absolute atomic E-state index is 12.0. The van der Waals surface area contributed by atoms with Gasteiger partial charge in [0.15, 0.2) is 0 Å². The molecule has 1 aromatic carbocycles. The molecule has 0 radical (unpaired) electrons. The van der Waals surface area contributed by atoms with Crippen LogP contribution in [0.25, 0.3) is 0 Å². The molecule has 0 atom stereocenters. The Kier molecular flexibility index (Phi) is 4.86. The first-order valence-electron chi connectivity index (χ1n) is 6.29. The van der Waals surface area contributed by atoms with E-state index in [1.807, 2.05) is 0 Å². The predicted octanol–water partition coefficient (Wildman–Crippen LogP) is 1.52. The van der Waals surface area contributed by atoms with Crippen molar-refractivity contribution in [2.75, 3.05) is 19.5 Å². The largest absolute Gasteiger partial charge is 0.322 e. The molecular formula is C14H15N3O4S. The van der Waals surface area contributed by atoms with Crippen LogP contribution >= 0.6 is 0 Å². The molecule has 1 heterocycles. The number of aromatic nitrogens is 1. The Morgan fingerprint density at radius 1 is 1.14 bits per heavy atom. The third-order valence-electron chi connectivity index (χ3n) is 2.95. The second kappa shape index (κ2) is 6.65. The first-order chi connectivity index (χ1) is 10.4. The number of carbonyl (C=O) groups excluding carboxylic acids is 1. The smallest absolute Gasteiger partial charge is 0.264 e. The Hall–Kier alpha value is -2.29. The highest BCUT2D eigenvalue weighted by atomic mass is 32.2. The summed E-state index contributed by atoms with van der Waals surface area (Å²) in [6, 6.07) is 8.90. The minimum absolute atomic E-state index is 0.0392. The molecule has 22 heavy (non-hydrogen) atoms. The van der Waals surface area contributed by atoms with Crippen LogP contribution in [-0.4, -0.2) is 37.9 Å². The molecule has 0 bridgehead atoms. The van der Waals surface area contributed by atoms with Gasteiger partial charge in [-0.3, -0.25) is 14.6 Å². The van der Waals surface area contributed by atoms with Gasteiger partial charge >= 0.3 is 0 Å². The number of nitrogens with zero attached hydrogens (tertiary/aromatic N) is 2. The summed E-state index contributed by atoms with van der Waals surface area (Å²) in [6.07, 6.45) is 3.12. The van der Waals surface area contributed by atoms with E-state index in [9.17, 15) is 13.2 Å². The SMILES string of the molecule is CON(C)S(=O)(=O)c1ccc(C(=O)Nc2ccncc2)cc1. The van der Waals surface area contributed by atoms with Gasteiger partial charge in [-0.2, -0.15) is 0 Å². The molecule has 0 aliphatic rings. The van der Waals surface area contributed by atoms with Gasteiger partial charge in [-0.05, 0) is 36.4 Å². The van der Waals surface area contributed by atoms with Crippen LogP contribution < -0.4 is 5.32 Å². The van der Waals surface area contributed by atoms with E-state index >= 15 is 0 Å². The van der Waals surface area contributed by atoms with Crippen molar-refractivity contribution in [1.82, 2.24) is 9.45 Å². The Labute approximate surface area is 128 Å². The first-order valence-corrected chi connectivity index (χ1v) is 7.73. The minimum atomic E-state index is -3.72. The van der Waals surface area contributed by atoms with Gasteiger partial charge in [-0.25, -0.2) is 8.42 Å². The van der Waals surface area contributed by atoms with Crippen molar-refractivity contribution in [3.63, 3.8) is 0 Å². The standard InChI is InChI=1S/C14H15N3O4S/c1-17(21-2)22(19,20)13-5-3-11(4-6-13)14(18)16-12-7-9-15-10-8-12/h3-10H,1-2H3,(H,15,16,18). The normalized spacial score (nSPS) is 11.4. The fourth-order valence-electron chi connectivity index (χ4n) is 1.66. The summed E-state index contributed by atoms with van der Waals surface area (Å²) in [6.45, 7) is 0. The van der Waals surface area contributed by atoms with Gasteiger partial charge in [0.1, 0.15) is 0 Å². The second-order valence-corrected chi connectivity index (χ2v) is 6.25. The van der Waals surface area contributed by atoms with E-state index in [2.05, 4.69) is 15.1 Å². The molecule has 0 saturated heterocycles. The van der Waals surface area contributed by atoms with E-state index in [0.717, 1.165) is 4.47 Å². The van der Waals surface area contributed by atoms with Crippen LogP contribution in [0.4, 0.5) is 5.69 Å². The molecular weight excluding hydrogens is 306 g/mol. The number of benzene rings is 1. The summed E-state index contributed by atoms with van der Waals surface area (Å²) in [5.74, 6) is -0.338. The van der Waals surface area contributed by atoms with E-state index in [1.165, 1.54) is 38.4 Å². The van der Waals surface area contributed by atoms with E-state index in [4.69, 9.17) is 0 Å². The summed E-state index contributed by atoms with van der Waals surface area (Å²) >= 11 is 0. The van der Waals surface area contributed by atoms with Crippen LogP contribution in [0.2, 0.25) is 0 Å². The molecule has 8 heteroatoms. The molecule has 0 fully saturated rings. The Morgan fingerprint density at radius 2 is 1.73 bits per heavy atom. The summed E-state index contributed by atoms with van der Waals surface area (Å²) in [5.41, 5.74) is 0.951. The van der Waals surface area contributed by atoms with Crippen molar-refractivity contribution in [2.24, 2.45) is 0 Å². The van der Waals surface area contributed by atoms with Crippen LogP contribution in [0.1, 0.15) is 10.4 Å². The highest BCUT2D eigenvalue weighted by Crippen LogP contribution is 2.16. The lowest BCUT2D eigenvalue weighted by atomic mass is 10.2. The molecule has 116 valence electrons. The molecule has 1 amide bonds. The predicted molar refractivity (Wildman–Crippen MR) is 80.6 cm³/mol. The van der Waals surface area contributed by atoms with Gasteiger partial charge in [0.05, 0.1) is 12.0 Å². The lowest BCUT2D eigenvalue weighted by Gasteiger charge is -2.14. The van der Waals surface area contributed by atoms with Crippen LogP contribution in [0.5, 0.6) is 0 Å². The summed E-state index contributed by atoms with van der Waals surface area (Å²) in [4.78, 5) is 20.6. The van der Waals surface area contributed by atoms with E-state index in [0.29, 0.717) is 11.3 Å². The fraction of sp³-hybridized carbons (Fsp3) is 0.143. The van der Waals surface area contributed by atoms with Gasteiger partial charge < -0.3 is 5.32 Å². The highest BCUT2D eigenvalue weighted by molar-refractivity contribution is 7.89. The van der Waals surface area contributed by atoms with Gasteiger partial charge in [0.25, 0.3) is 15.9 Å². The van der Waals surface area contributed by atoms with Gasteiger partial charge in [0, 0.05) is 30.7 Å². The summed E-state index contributed by atoms with van der Waals surface area (Å²) in [5, 5.41) is 2.69. The molecule has 1 N–H and O–H groups in total. The molecule has 2 aromatic rings. The zero-order valence-corrected chi connectivity index (χ0v) is 12.9. The number of hydrogen-bond donors (Lipinski definition) is 1. The second-order valence-electron chi connectivity index (χ2n) is 4.31. The maximum Gasteiger partial charge on any atom is 0.264 e. The van der Waals surface area contributed by atoms with Crippen molar-refractivity contribution in [1.29, 1.82) is 0 Å². The van der Waals surface area contributed by atoms with Crippen molar-refractivity contribution in [2.45, 2.75) is 4.90 Å². The Morgan fingerprint density at radius 3 is 2.27 bits per heavy atom. The van der Waals surface area contributed by atoms with Crippen molar-refractivity contribution >= 4 is 21.6 Å². The van der Waals surface area contributed by atoms with Crippen molar-refractivity contribution in [3.8, 4) is 0 Å². The van der Waals surface area contributed by atoms with E-state index < -0.39 is 10.0 Å². The summed E-state index contributed by atoms with van der Waals surface area (Å²) in [7, 11) is -1.17. The molecule has 0 unspecified atom stereocenters. The molecule has 0 aliphatic heterocycles. The molecule has 1 aromatic heterocycles. The average molecular weight is 321 g/mol. The number of pyridine rings is 1. The zero-order valence-electron chi connectivity index (χ0n) is 12.1. The number of nitrogens with one attached hydrogen (secondary N) is 1. The lowest BCUT2D eigenvalue weighted by molar-refractivity contribution is -0.0258. The zero-order chi connectivity index (χ0) is 16.2. The Balaban J connectivity index is 2.17. The van der Waals surface area contributed by atoms with Crippen LogP contribution in [-0.2, 0) is 14.9 Å². The average Bonchev–Trinajstić information content (AvgIpc) is 2.55. The van der Waals surface area contributed by atoms with Gasteiger partial charge in [-0.15, -0.1) is 0 Å². The molecule has 7 nitrogen and oxygen atoms in total. The monoisotopic (exact) mass is 321 g/mol. The Bertz CT molecular complexity index is 745. The number of rotatable bonds is 5. The third-order valence-corrected chi connectivity index (χ3v) is 4.64. The fourth-order valence-corrected chi connectivity index (χ4v) is 2.64. The van der Waals surface area contributed by atoms with E-state index in [1.54, 1.807) is 24.5 Å². The van der Waals surface area contributed by atoms with Crippen LogP contribution in [0.3, 0.4) is 0 Å². The number of hydrogen-bond acceptors (Lipinski definition) is 5. The lowest BCUT2D eigenvalue weighted by Crippen LogP contribution is -2.25. The van der Waals surface area contributed by atoms with Gasteiger partial charge in [0.2, 0.25) is 0 Å². The minimum Gasteiger partial charge on any atom is -0.322 e. The number of sulfonamides is 1. The molecule has 0 saturated carbocycles. The topological polar surface area (TPSA) is 88.6 Å². The number of amides is 1. The number of anilines is 1. The molecule has 2 rings (SSSR count). The van der Waals surface area contributed by atoms with Crippen molar-refractivity contribution in [3.05, 3.63) is 54.4 Å². The molecule has 0 spiro atoms. The molecule has 0 aliphatic carbocycles. The quantitative estimate of drug-likeness (QED) is 0.843. The third kappa shape index (κ3) is 3.48. The van der Waals surface area contributed by atoms with Crippen LogP contribution in [0.15, 0.2) is 53.7 Å². The first kappa shape index (κ1) is 16.1.